The zero-order valence-electron chi connectivity index (χ0n) is 9.58. The third kappa shape index (κ3) is 2.45. The van der Waals surface area contributed by atoms with E-state index in [2.05, 4.69) is 0 Å². The van der Waals surface area contributed by atoms with E-state index in [1.54, 1.807) is 12.1 Å². The second kappa shape index (κ2) is 4.55. The number of hydrogen-bond donors (Lipinski definition) is 0. The lowest BCUT2D eigenvalue weighted by atomic mass is 10.1. The maximum Gasteiger partial charge on any atom is 0.324 e. The Morgan fingerprint density at radius 1 is 1.24 bits per heavy atom. The van der Waals surface area contributed by atoms with Crippen LogP contribution >= 0.6 is 11.3 Å². The third-order valence-electron chi connectivity index (χ3n) is 2.42. The monoisotopic (exact) mass is 248 g/mol. The summed E-state index contributed by atoms with van der Waals surface area (Å²) in [5.41, 5.74) is 2.09. The van der Waals surface area contributed by atoms with Gasteiger partial charge < -0.3 is 4.90 Å². The highest BCUT2D eigenvalue weighted by molar-refractivity contribution is 7.18. The normalized spacial score (nSPS) is 10.2. The SMILES string of the molecule is CN(C)c1cccc(-c2ccc([N+](=O)[O-])s2)c1. The molecule has 0 fully saturated rings. The van der Waals surface area contributed by atoms with Crippen LogP contribution in [0.15, 0.2) is 36.4 Å². The van der Waals surface area contributed by atoms with Crippen molar-refractivity contribution in [2.45, 2.75) is 0 Å². The molecule has 0 radical (unpaired) electrons. The number of anilines is 1. The second-order valence-corrected chi connectivity index (χ2v) is 4.90. The minimum atomic E-state index is -0.357. The summed E-state index contributed by atoms with van der Waals surface area (Å²) >= 11 is 1.20. The van der Waals surface area contributed by atoms with Crippen LogP contribution in [0.25, 0.3) is 10.4 Å². The molecule has 0 bridgehead atoms. The van der Waals surface area contributed by atoms with Crippen molar-refractivity contribution < 1.29 is 4.92 Å². The maximum absolute atomic E-state index is 10.6. The van der Waals surface area contributed by atoms with Crippen LogP contribution in [-0.2, 0) is 0 Å². The molecule has 0 saturated carbocycles. The molecule has 0 amide bonds. The molecule has 4 nitrogen and oxygen atoms in total. The molecule has 0 spiro atoms. The average molecular weight is 248 g/mol. The largest absolute Gasteiger partial charge is 0.378 e. The van der Waals surface area contributed by atoms with Crippen LogP contribution in [0.4, 0.5) is 10.7 Å². The van der Waals surface area contributed by atoms with Crippen molar-refractivity contribution in [1.29, 1.82) is 0 Å². The molecular formula is C12H12N2O2S. The molecule has 0 aliphatic rings. The van der Waals surface area contributed by atoms with Crippen molar-refractivity contribution in [1.82, 2.24) is 0 Å². The minimum absolute atomic E-state index is 0.176. The van der Waals surface area contributed by atoms with Crippen molar-refractivity contribution in [3.8, 4) is 10.4 Å². The number of benzene rings is 1. The molecule has 0 unspecified atom stereocenters. The molecule has 1 heterocycles. The third-order valence-corrected chi connectivity index (χ3v) is 3.50. The van der Waals surface area contributed by atoms with Gasteiger partial charge in [-0.1, -0.05) is 23.5 Å². The van der Waals surface area contributed by atoms with E-state index in [9.17, 15) is 10.1 Å². The van der Waals surface area contributed by atoms with Gasteiger partial charge in [0.1, 0.15) is 0 Å². The van der Waals surface area contributed by atoms with Crippen LogP contribution in [-0.4, -0.2) is 19.0 Å². The van der Waals surface area contributed by atoms with E-state index in [-0.39, 0.29) is 9.92 Å². The van der Waals surface area contributed by atoms with E-state index in [1.807, 2.05) is 43.3 Å². The molecule has 88 valence electrons. The number of thiophene rings is 1. The Labute approximate surface area is 103 Å². The smallest absolute Gasteiger partial charge is 0.324 e. The van der Waals surface area contributed by atoms with E-state index in [0.717, 1.165) is 16.1 Å². The second-order valence-electron chi connectivity index (χ2n) is 3.84. The highest BCUT2D eigenvalue weighted by atomic mass is 32.1. The molecule has 0 atom stereocenters. The summed E-state index contributed by atoms with van der Waals surface area (Å²) in [7, 11) is 3.94. The van der Waals surface area contributed by atoms with Gasteiger partial charge in [0.25, 0.3) is 0 Å². The Balaban J connectivity index is 2.38. The van der Waals surface area contributed by atoms with Gasteiger partial charge in [-0.3, -0.25) is 10.1 Å². The molecule has 17 heavy (non-hydrogen) atoms. The van der Waals surface area contributed by atoms with Gasteiger partial charge in [0.2, 0.25) is 0 Å². The van der Waals surface area contributed by atoms with Gasteiger partial charge in [0.15, 0.2) is 0 Å². The first kappa shape index (κ1) is 11.6. The van der Waals surface area contributed by atoms with Crippen LogP contribution in [0, 0.1) is 10.1 Å². The molecule has 0 aliphatic heterocycles. The van der Waals surface area contributed by atoms with Gasteiger partial charge in [-0.15, -0.1) is 0 Å². The van der Waals surface area contributed by atoms with Crippen LogP contribution in [0.5, 0.6) is 0 Å². The zero-order chi connectivity index (χ0) is 12.4. The van der Waals surface area contributed by atoms with E-state index < -0.39 is 0 Å². The summed E-state index contributed by atoms with van der Waals surface area (Å²) in [4.78, 5) is 13.2. The van der Waals surface area contributed by atoms with Gasteiger partial charge in [-0.2, -0.15) is 0 Å². The summed E-state index contributed by atoms with van der Waals surface area (Å²) in [6.07, 6.45) is 0. The Kier molecular flexibility index (Phi) is 3.10. The molecule has 0 aliphatic carbocycles. The fraction of sp³-hybridized carbons (Fsp3) is 0.167. The highest BCUT2D eigenvalue weighted by Gasteiger charge is 2.11. The molecule has 5 heteroatoms. The summed E-state index contributed by atoms with van der Waals surface area (Å²) < 4.78 is 0. The molecule has 1 aromatic heterocycles. The van der Waals surface area contributed by atoms with Gasteiger partial charge in [-0.05, 0) is 23.8 Å². The Hall–Kier alpha value is -1.88. The van der Waals surface area contributed by atoms with E-state index >= 15 is 0 Å². The van der Waals surface area contributed by atoms with Crippen molar-refractivity contribution in [3.63, 3.8) is 0 Å². The van der Waals surface area contributed by atoms with Crippen molar-refractivity contribution >= 4 is 22.0 Å². The van der Waals surface area contributed by atoms with Gasteiger partial charge >= 0.3 is 5.00 Å². The van der Waals surface area contributed by atoms with Crippen molar-refractivity contribution in [2.24, 2.45) is 0 Å². The van der Waals surface area contributed by atoms with Gasteiger partial charge in [-0.25, -0.2) is 0 Å². The fourth-order valence-corrected chi connectivity index (χ4v) is 2.34. The van der Waals surface area contributed by atoms with Gasteiger partial charge in [0, 0.05) is 30.7 Å². The number of rotatable bonds is 3. The maximum atomic E-state index is 10.6. The lowest BCUT2D eigenvalue weighted by molar-refractivity contribution is -0.380. The first-order valence-corrected chi connectivity index (χ1v) is 5.91. The fourth-order valence-electron chi connectivity index (χ4n) is 1.52. The molecule has 1 aromatic carbocycles. The quantitative estimate of drug-likeness (QED) is 0.618. The zero-order valence-corrected chi connectivity index (χ0v) is 10.4. The lowest BCUT2D eigenvalue weighted by Gasteiger charge is -2.12. The Bertz CT molecular complexity index is 549. The minimum Gasteiger partial charge on any atom is -0.378 e. The molecule has 2 rings (SSSR count). The van der Waals surface area contributed by atoms with Crippen LogP contribution in [0.3, 0.4) is 0 Å². The predicted molar refractivity (Wildman–Crippen MR) is 70.7 cm³/mol. The van der Waals surface area contributed by atoms with E-state index in [1.165, 1.54) is 11.3 Å². The summed E-state index contributed by atoms with van der Waals surface area (Å²) in [6, 6.07) is 11.3. The Morgan fingerprint density at radius 3 is 2.59 bits per heavy atom. The Morgan fingerprint density at radius 2 is 2.00 bits per heavy atom. The first-order chi connectivity index (χ1) is 8.08. The number of nitrogens with zero attached hydrogens (tertiary/aromatic N) is 2. The topological polar surface area (TPSA) is 46.4 Å². The number of hydrogen-bond acceptors (Lipinski definition) is 4. The average Bonchev–Trinajstić information content (AvgIpc) is 2.78. The summed E-state index contributed by atoms with van der Waals surface area (Å²) in [6.45, 7) is 0. The van der Waals surface area contributed by atoms with Crippen LogP contribution in [0.2, 0.25) is 0 Å². The summed E-state index contributed by atoms with van der Waals surface area (Å²) in [5.74, 6) is 0. The van der Waals surface area contributed by atoms with Crippen molar-refractivity contribution in [2.75, 3.05) is 19.0 Å². The number of nitro groups is 1. The first-order valence-electron chi connectivity index (χ1n) is 5.10. The molecule has 2 aromatic rings. The predicted octanol–water partition coefficient (Wildman–Crippen LogP) is 3.39. The standard InChI is InChI=1S/C12H12N2O2S/c1-13(2)10-5-3-4-9(8-10)11-6-7-12(17-11)14(15)16/h3-8H,1-2H3. The van der Waals surface area contributed by atoms with E-state index in [0.29, 0.717) is 0 Å². The molecule has 0 saturated heterocycles. The highest BCUT2D eigenvalue weighted by Crippen LogP contribution is 2.33. The van der Waals surface area contributed by atoms with Gasteiger partial charge in [0.05, 0.1) is 4.92 Å². The molecular weight excluding hydrogens is 236 g/mol. The van der Waals surface area contributed by atoms with Crippen LogP contribution < -0.4 is 4.90 Å². The van der Waals surface area contributed by atoms with Crippen LogP contribution in [0.1, 0.15) is 0 Å². The van der Waals surface area contributed by atoms with E-state index in [4.69, 9.17) is 0 Å². The van der Waals surface area contributed by atoms with Crippen molar-refractivity contribution in [3.05, 3.63) is 46.5 Å². The lowest BCUT2D eigenvalue weighted by Crippen LogP contribution is -2.08. The summed E-state index contributed by atoms with van der Waals surface area (Å²) in [5, 5.41) is 10.8. The molecule has 0 N–H and O–H groups in total.